The van der Waals surface area contributed by atoms with Gasteiger partial charge >= 0.3 is 5.97 Å². The molecule has 0 bridgehead atoms. The number of esters is 1. The molecule has 2 aromatic carbocycles. The summed E-state index contributed by atoms with van der Waals surface area (Å²) in [4.78, 5) is 12.0. The Morgan fingerprint density at radius 3 is 2.19 bits per heavy atom. The molecule has 0 heterocycles. The van der Waals surface area contributed by atoms with Crippen LogP contribution in [0.1, 0.15) is 24.2 Å². The van der Waals surface area contributed by atoms with E-state index >= 15 is 0 Å². The van der Waals surface area contributed by atoms with E-state index in [0.29, 0.717) is 22.8 Å². The lowest BCUT2D eigenvalue weighted by Crippen LogP contribution is -2.08. The minimum absolute atomic E-state index is 0.0375. The first-order valence-corrected chi connectivity index (χ1v) is 8.03. The van der Waals surface area contributed by atoms with Gasteiger partial charge in [0.15, 0.2) is 11.5 Å². The maximum absolute atomic E-state index is 13.7. The van der Waals surface area contributed by atoms with Crippen LogP contribution >= 0.6 is 0 Å². The predicted octanol–water partition coefficient (Wildman–Crippen LogP) is 4.31. The zero-order valence-electron chi connectivity index (χ0n) is 15.4. The zero-order valence-corrected chi connectivity index (χ0v) is 15.4. The van der Waals surface area contributed by atoms with E-state index < -0.39 is 23.7 Å². The largest absolute Gasteiger partial charge is 0.493 e. The Balaban J connectivity index is 2.15. The minimum Gasteiger partial charge on any atom is -0.493 e. The fraction of sp³-hybridized carbons (Fsp3) is 0.250. The summed E-state index contributed by atoms with van der Waals surface area (Å²) in [7, 11) is 4.45. The highest BCUT2D eigenvalue weighted by atomic mass is 19.1. The second kappa shape index (κ2) is 9.02. The highest BCUT2D eigenvalue weighted by Crippen LogP contribution is 2.38. The molecule has 0 saturated heterocycles. The van der Waals surface area contributed by atoms with Crippen LogP contribution in [0.25, 0.3) is 6.08 Å². The second-order valence-corrected chi connectivity index (χ2v) is 5.54. The summed E-state index contributed by atoms with van der Waals surface area (Å²) in [5, 5.41) is 0. The van der Waals surface area contributed by atoms with Gasteiger partial charge in [0, 0.05) is 11.6 Å². The van der Waals surface area contributed by atoms with Crippen molar-refractivity contribution < 1.29 is 32.5 Å². The molecule has 1 atom stereocenters. The predicted molar refractivity (Wildman–Crippen MR) is 96.0 cm³/mol. The van der Waals surface area contributed by atoms with Crippen molar-refractivity contribution in [2.24, 2.45) is 0 Å². The molecule has 0 aromatic heterocycles. The van der Waals surface area contributed by atoms with Crippen molar-refractivity contribution >= 4 is 12.0 Å². The first-order valence-electron chi connectivity index (χ1n) is 8.03. The normalized spacial score (nSPS) is 11.9. The molecule has 1 unspecified atom stereocenters. The highest BCUT2D eigenvalue weighted by Gasteiger charge is 2.16. The van der Waals surface area contributed by atoms with E-state index in [1.54, 1.807) is 12.1 Å². The van der Waals surface area contributed by atoms with Crippen LogP contribution in [0.2, 0.25) is 0 Å². The van der Waals surface area contributed by atoms with Gasteiger partial charge in [-0.1, -0.05) is 0 Å². The number of ether oxygens (including phenoxy) is 4. The van der Waals surface area contributed by atoms with Gasteiger partial charge in [-0.15, -0.1) is 0 Å². The standard InChI is InChI=1S/C20H20F2O5/c1-12(15-11-14(21)6-7-16(15)22)27-19(23)8-5-13-9-17(24-2)20(26-4)18(10-13)25-3/h5-12H,1-4H3. The summed E-state index contributed by atoms with van der Waals surface area (Å²) < 4.78 is 47.9. The fourth-order valence-corrected chi connectivity index (χ4v) is 2.46. The zero-order chi connectivity index (χ0) is 20.0. The lowest BCUT2D eigenvalue weighted by Gasteiger charge is -2.14. The van der Waals surface area contributed by atoms with E-state index in [1.807, 2.05) is 0 Å². The van der Waals surface area contributed by atoms with Crippen LogP contribution in [-0.2, 0) is 9.53 Å². The molecule has 0 aliphatic heterocycles. The van der Waals surface area contributed by atoms with Gasteiger partial charge in [0.1, 0.15) is 17.7 Å². The molecule has 0 aliphatic rings. The number of hydrogen-bond acceptors (Lipinski definition) is 5. The maximum atomic E-state index is 13.7. The molecular weight excluding hydrogens is 358 g/mol. The molecule has 7 heteroatoms. The Morgan fingerprint density at radius 1 is 1.00 bits per heavy atom. The van der Waals surface area contributed by atoms with Gasteiger partial charge in [-0.05, 0) is 48.9 Å². The third kappa shape index (κ3) is 4.97. The van der Waals surface area contributed by atoms with Gasteiger partial charge < -0.3 is 18.9 Å². The van der Waals surface area contributed by atoms with Gasteiger partial charge in [-0.25, -0.2) is 13.6 Å². The molecular formula is C20H20F2O5. The highest BCUT2D eigenvalue weighted by molar-refractivity contribution is 5.87. The molecule has 2 aromatic rings. The van der Waals surface area contributed by atoms with Crippen LogP contribution in [0.15, 0.2) is 36.4 Å². The van der Waals surface area contributed by atoms with Crippen molar-refractivity contribution in [2.45, 2.75) is 13.0 Å². The molecule has 0 aliphatic carbocycles. The Morgan fingerprint density at radius 2 is 1.63 bits per heavy atom. The Bertz CT molecular complexity index is 823. The smallest absolute Gasteiger partial charge is 0.331 e. The van der Waals surface area contributed by atoms with Crippen LogP contribution in [0.3, 0.4) is 0 Å². The quantitative estimate of drug-likeness (QED) is 0.531. The number of methoxy groups -OCH3 is 3. The third-order valence-electron chi connectivity index (χ3n) is 3.79. The van der Waals surface area contributed by atoms with E-state index in [1.165, 1.54) is 40.4 Å². The van der Waals surface area contributed by atoms with E-state index in [-0.39, 0.29) is 5.56 Å². The first-order chi connectivity index (χ1) is 12.9. The number of halogens is 2. The summed E-state index contributed by atoms with van der Waals surface area (Å²) in [6, 6.07) is 6.29. The van der Waals surface area contributed by atoms with Crippen LogP contribution in [0.5, 0.6) is 17.2 Å². The number of benzene rings is 2. The van der Waals surface area contributed by atoms with Crippen molar-refractivity contribution in [1.29, 1.82) is 0 Å². The van der Waals surface area contributed by atoms with Gasteiger partial charge in [-0.3, -0.25) is 0 Å². The molecule has 144 valence electrons. The van der Waals surface area contributed by atoms with E-state index in [9.17, 15) is 13.6 Å². The van der Waals surface area contributed by atoms with Crippen molar-refractivity contribution in [3.63, 3.8) is 0 Å². The third-order valence-corrected chi connectivity index (χ3v) is 3.79. The number of carbonyl (C=O) groups is 1. The van der Waals surface area contributed by atoms with Crippen LogP contribution in [0, 0.1) is 11.6 Å². The number of carbonyl (C=O) groups excluding carboxylic acids is 1. The summed E-state index contributed by atoms with van der Waals surface area (Å²) in [6.07, 6.45) is 1.72. The fourth-order valence-electron chi connectivity index (χ4n) is 2.46. The molecule has 2 rings (SSSR count). The summed E-state index contributed by atoms with van der Waals surface area (Å²) in [5.74, 6) is -0.678. The Labute approximate surface area is 156 Å². The van der Waals surface area contributed by atoms with Gasteiger partial charge in [0.25, 0.3) is 0 Å². The van der Waals surface area contributed by atoms with Crippen molar-refractivity contribution in [1.82, 2.24) is 0 Å². The molecule has 0 fully saturated rings. The van der Waals surface area contributed by atoms with Crippen LogP contribution < -0.4 is 14.2 Å². The number of hydrogen-bond donors (Lipinski definition) is 0. The molecule has 27 heavy (non-hydrogen) atoms. The SMILES string of the molecule is COc1cc(C=CC(=O)OC(C)c2cc(F)ccc2F)cc(OC)c1OC. The van der Waals surface area contributed by atoms with Crippen LogP contribution in [0.4, 0.5) is 8.78 Å². The van der Waals surface area contributed by atoms with Crippen molar-refractivity contribution in [2.75, 3.05) is 21.3 Å². The molecule has 0 N–H and O–H groups in total. The van der Waals surface area contributed by atoms with E-state index in [4.69, 9.17) is 18.9 Å². The molecule has 0 spiro atoms. The molecule has 0 saturated carbocycles. The van der Waals surface area contributed by atoms with Gasteiger partial charge in [0.05, 0.1) is 21.3 Å². The average molecular weight is 378 g/mol. The van der Waals surface area contributed by atoms with Gasteiger partial charge in [0.2, 0.25) is 5.75 Å². The summed E-state index contributed by atoms with van der Waals surface area (Å²) in [5.41, 5.74) is 0.565. The van der Waals surface area contributed by atoms with Gasteiger partial charge in [-0.2, -0.15) is 0 Å². The second-order valence-electron chi connectivity index (χ2n) is 5.54. The topological polar surface area (TPSA) is 54.0 Å². The first kappa shape index (κ1) is 20.2. The Kier molecular flexibility index (Phi) is 6.76. The van der Waals surface area contributed by atoms with E-state index in [2.05, 4.69) is 0 Å². The monoisotopic (exact) mass is 378 g/mol. The van der Waals surface area contributed by atoms with Crippen molar-refractivity contribution in [3.8, 4) is 17.2 Å². The summed E-state index contributed by atoms with van der Waals surface area (Å²) in [6.45, 7) is 1.46. The molecule has 0 radical (unpaired) electrons. The Hall–Kier alpha value is -3.09. The number of rotatable bonds is 7. The minimum atomic E-state index is -0.946. The summed E-state index contributed by atoms with van der Waals surface area (Å²) >= 11 is 0. The molecule has 5 nitrogen and oxygen atoms in total. The maximum Gasteiger partial charge on any atom is 0.331 e. The lowest BCUT2D eigenvalue weighted by molar-refractivity contribution is -0.142. The van der Waals surface area contributed by atoms with Crippen LogP contribution in [-0.4, -0.2) is 27.3 Å². The molecule has 0 amide bonds. The van der Waals surface area contributed by atoms with Crippen molar-refractivity contribution in [3.05, 3.63) is 59.2 Å². The lowest BCUT2D eigenvalue weighted by atomic mass is 10.1. The van der Waals surface area contributed by atoms with E-state index in [0.717, 1.165) is 18.2 Å². The average Bonchev–Trinajstić information content (AvgIpc) is 2.67.